The van der Waals surface area contributed by atoms with Crippen molar-refractivity contribution in [2.45, 2.75) is 13.0 Å². The lowest BCUT2D eigenvalue weighted by atomic mass is 10.2. The fraction of sp³-hybridized carbons (Fsp3) is 0.235. The third-order valence-corrected chi connectivity index (χ3v) is 4.53. The molecule has 0 fully saturated rings. The number of carbonyl (C=O) groups is 1. The first-order chi connectivity index (χ1) is 11.0. The molecule has 0 aliphatic carbocycles. The van der Waals surface area contributed by atoms with E-state index in [0.29, 0.717) is 40.3 Å². The number of nitrogens with zero attached hydrogens (tertiary/aromatic N) is 1. The molecular weight excluding hydrogens is 355 g/mol. The monoisotopic (exact) mass is 370 g/mol. The average molecular weight is 372 g/mol. The third kappa shape index (κ3) is 5.40. The average Bonchev–Trinajstić information content (AvgIpc) is 2.52. The Kier molecular flexibility index (Phi) is 6.72. The molecule has 0 unspecified atom stereocenters. The number of carbonyl (C=O) groups excluding carboxylic acids is 1. The number of rotatable bonds is 6. The first-order valence-corrected chi connectivity index (χ1v) is 8.26. The van der Waals surface area contributed by atoms with Gasteiger partial charge in [0.25, 0.3) is 0 Å². The summed E-state index contributed by atoms with van der Waals surface area (Å²) in [4.78, 5) is 14.0. The van der Waals surface area contributed by atoms with E-state index in [2.05, 4.69) is 5.32 Å². The second kappa shape index (κ2) is 8.55. The molecule has 1 N–H and O–H groups in total. The molecule has 2 aromatic rings. The van der Waals surface area contributed by atoms with Gasteiger partial charge in [0.15, 0.2) is 0 Å². The largest absolute Gasteiger partial charge is 0.325 e. The van der Waals surface area contributed by atoms with E-state index >= 15 is 0 Å². The van der Waals surface area contributed by atoms with Crippen molar-refractivity contribution in [2.24, 2.45) is 0 Å². The lowest BCUT2D eigenvalue weighted by molar-refractivity contribution is -0.116. The summed E-state index contributed by atoms with van der Waals surface area (Å²) >= 11 is 18.2. The summed E-state index contributed by atoms with van der Waals surface area (Å²) in [7, 11) is 1.93. The van der Waals surface area contributed by atoms with E-state index in [1.165, 1.54) is 0 Å². The van der Waals surface area contributed by atoms with Gasteiger partial charge in [-0.25, -0.2) is 0 Å². The molecule has 3 nitrogen and oxygen atoms in total. The second-order valence-corrected chi connectivity index (χ2v) is 6.42. The van der Waals surface area contributed by atoms with Crippen LogP contribution in [0, 0.1) is 0 Å². The van der Waals surface area contributed by atoms with Crippen LogP contribution in [-0.4, -0.2) is 24.4 Å². The molecule has 0 saturated heterocycles. The normalized spacial score (nSPS) is 10.8. The first-order valence-electron chi connectivity index (χ1n) is 7.13. The maximum absolute atomic E-state index is 12.0. The number of benzene rings is 2. The van der Waals surface area contributed by atoms with Gasteiger partial charge in [-0.15, -0.1) is 0 Å². The molecular formula is C17H17Cl3N2O. The van der Waals surface area contributed by atoms with Gasteiger partial charge in [-0.05, 0) is 30.8 Å². The van der Waals surface area contributed by atoms with Crippen molar-refractivity contribution in [3.05, 3.63) is 63.1 Å². The molecule has 2 rings (SSSR count). The molecule has 0 heterocycles. The standard InChI is InChI=1S/C17H17Cl3N2O/c1-22(11-12-5-4-7-14(19)17(12)20)10-9-16(23)21-15-8-3-2-6-13(15)18/h2-8H,9-11H2,1H3,(H,21,23). The maximum Gasteiger partial charge on any atom is 0.225 e. The fourth-order valence-electron chi connectivity index (χ4n) is 2.11. The van der Waals surface area contributed by atoms with Crippen LogP contribution in [-0.2, 0) is 11.3 Å². The highest BCUT2D eigenvalue weighted by molar-refractivity contribution is 6.42. The van der Waals surface area contributed by atoms with Crippen LogP contribution in [0.1, 0.15) is 12.0 Å². The topological polar surface area (TPSA) is 32.3 Å². The number of nitrogens with one attached hydrogen (secondary N) is 1. The lowest BCUT2D eigenvalue weighted by Crippen LogP contribution is -2.24. The summed E-state index contributed by atoms with van der Waals surface area (Å²) in [6.07, 6.45) is 0.361. The zero-order chi connectivity index (χ0) is 16.8. The van der Waals surface area contributed by atoms with E-state index in [0.717, 1.165) is 5.56 Å². The second-order valence-electron chi connectivity index (χ2n) is 5.23. The molecule has 0 aliphatic heterocycles. The van der Waals surface area contributed by atoms with Gasteiger partial charge < -0.3 is 10.2 Å². The van der Waals surface area contributed by atoms with Crippen LogP contribution < -0.4 is 5.32 Å². The molecule has 2 aromatic carbocycles. The highest BCUT2D eigenvalue weighted by Crippen LogP contribution is 2.26. The highest BCUT2D eigenvalue weighted by atomic mass is 35.5. The minimum atomic E-state index is -0.0814. The van der Waals surface area contributed by atoms with Crippen molar-refractivity contribution in [1.82, 2.24) is 4.90 Å². The summed E-state index contributed by atoms with van der Waals surface area (Å²) < 4.78 is 0. The molecule has 23 heavy (non-hydrogen) atoms. The Morgan fingerprint density at radius 2 is 1.74 bits per heavy atom. The smallest absolute Gasteiger partial charge is 0.225 e. The van der Waals surface area contributed by atoms with Crippen LogP contribution in [0.15, 0.2) is 42.5 Å². The van der Waals surface area contributed by atoms with Crippen LogP contribution >= 0.6 is 34.8 Å². The minimum Gasteiger partial charge on any atom is -0.325 e. The van der Waals surface area contributed by atoms with Crippen molar-refractivity contribution >= 4 is 46.4 Å². The predicted octanol–water partition coefficient (Wildman–Crippen LogP) is 5.11. The van der Waals surface area contributed by atoms with Gasteiger partial charge in [0.05, 0.1) is 20.8 Å². The van der Waals surface area contributed by atoms with E-state index in [4.69, 9.17) is 34.8 Å². The summed E-state index contributed by atoms with van der Waals surface area (Å²) in [5.74, 6) is -0.0814. The Hall–Kier alpha value is -1.26. The van der Waals surface area contributed by atoms with E-state index in [9.17, 15) is 4.79 Å². The Morgan fingerprint density at radius 1 is 1.04 bits per heavy atom. The Labute approximate surface area is 151 Å². The Morgan fingerprint density at radius 3 is 2.48 bits per heavy atom. The van der Waals surface area contributed by atoms with Crippen LogP contribution in [0.3, 0.4) is 0 Å². The molecule has 0 bridgehead atoms. The van der Waals surface area contributed by atoms with Gasteiger partial charge in [0, 0.05) is 19.5 Å². The van der Waals surface area contributed by atoms with Gasteiger partial charge >= 0.3 is 0 Å². The Balaban J connectivity index is 1.84. The molecule has 6 heteroatoms. The minimum absolute atomic E-state index is 0.0814. The van der Waals surface area contributed by atoms with Crippen molar-refractivity contribution in [3.8, 4) is 0 Å². The first kappa shape index (κ1) is 18.1. The van der Waals surface area contributed by atoms with E-state index < -0.39 is 0 Å². The molecule has 0 aliphatic rings. The summed E-state index contributed by atoms with van der Waals surface area (Å²) in [5, 5.41) is 4.43. The van der Waals surface area contributed by atoms with E-state index in [1.807, 2.05) is 36.2 Å². The van der Waals surface area contributed by atoms with E-state index in [-0.39, 0.29) is 5.91 Å². The molecule has 0 saturated carbocycles. The fourth-order valence-corrected chi connectivity index (χ4v) is 2.67. The number of amides is 1. The highest BCUT2D eigenvalue weighted by Gasteiger charge is 2.10. The number of hydrogen-bond donors (Lipinski definition) is 1. The number of para-hydroxylation sites is 1. The van der Waals surface area contributed by atoms with Gasteiger partial charge in [0.1, 0.15) is 0 Å². The number of hydrogen-bond acceptors (Lipinski definition) is 2. The van der Waals surface area contributed by atoms with Gasteiger partial charge in [-0.1, -0.05) is 59.1 Å². The van der Waals surface area contributed by atoms with Crippen molar-refractivity contribution < 1.29 is 4.79 Å². The predicted molar refractivity (Wildman–Crippen MR) is 97.5 cm³/mol. The molecule has 0 spiro atoms. The zero-order valence-electron chi connectivity index (χ0n) is 12.7. The Bertz CT molecular complexity index is 691. The van der Waals surface area contributed by atoms with Crippen LogP contribution in [0.25, 0.3) is 0 Å². The molecule has 1 amide bonds. The van der Waals surface area contributed by atoms with Crippen LogP contribution in [0.5, 0.6) is 0 Å². The summed E-state index contributed by atoms with van der Waals surface area (Å²) in [5.41, 5.74) is 1.56. The SMILES string of the molecule is CN(CCC(=O)Nc1ccccc1Cl)Cc1cccc(Cl)c1Cl. The van der Waals surface area contributed by atoms with Crippen molar-refractivity contribution in [3.63, 3.8) is 0 Å². The number of anilines is 1. The zero-order valence-corrected chi connectivity index (χ0v) is 14.9. The summed E-state index contributed by atoms with van der Waals surface area (Å²) in [6.45, 7) is 1.22. The van der Waals surface area contributed by atoms with Gasteiger partial charge in [-0.2, -0.15) is 0 Å². The quantitative estimate of drug-likeness (QED) is 0.765. The molecule has 0 atom stereocenters. The third-order valence-electron chi connectivity index (χ3n) is 3.34. The molecule has 122 valence electrons. The van der Waals surface area contributed by atoms with Crippen LogP contribution in [0.2, 0.25) is 15.1 Å². The van der Waals surface area contributed by atoms with Crippen LogP contribution in [0.4, 0.5) is 5.69 Å². The molecule has 0 aromatic heterocycles. The van der Waals surface area contributed by atoms with Gasteiger partial charge in [0.2, 0.25) is 5.91 Å². The van der Waals surface area contributed by atoms with Gasteiger partial charge in [-0.3, -0.25) is 4.79 Å². The van der Waals surface area contributed by atoms with Crippen molar-refractivity contribution in [1.29, 1.82) is 0 Å². The summed E-state index contributed by atoms with van der Waals surface area (Å²) in [6, 6.07) is 12.7. The van der Waals surface area contributed by atoms with Crippen molar-refractivity contribution in [2.75, 3.05) is 18.9 Å². The maximum atomic E-state index is 12.0. The van der Waals surface area contributed by atoms with E-state index in [1.54, 1.807) is 18.2 Å². The number of halogens is 3. The molecule has 0 radical (unpaired) electrons. The lowest BCUT2D eigenvalue weighted by Gasteiger charge is -2.17.